The van der Waals surface area contributed by atoms with E-state index in [9.17, 15) is 53.4 Å². The molecule has 0 saturated carbocycles. The number of aliphatic hydroxyl groups is 1. The Morgan fingerprint density at radius 3 is 1.88 bits per heavy atom. The van der Waals surface area contributed by atoms with E-state index in [-0.39, 0.29) is 43.7 Å². The predicted octanol–water partition coefficient (Wildman–Crippen LogP) is -2.38. The number of unbranched alkanes of at least 4 members (excludes halogenated alkanes) is 2. The minimum absolute atomic E-state index is 0.0499. The average molecular weight is 1000 g/mol. The Morgan fingerprint density at radius 1 is 0.739 bits per heavy atom. The molecule has 7 atom stereocenters. The Hall–Kier alpha value is -5.95. The maximum atomic E-state index is 14.4. The lowest BCUT2D eigenvalue weighted by Crippen LogP contribution is -2.61. The molecule has 0 aromatic heterocycles. The van der Waals surface area contributed by atoms with Gasteiger partial charge in [-0.25, -0.2) is 0 Å². The van der Waals surface area contributed by atoms with Crippen molar-refractivity contribution >= 4 is 74.8 Å². The lowest BCUT2D eigenvalue weighted by molar-refractivity contribution is -0.135. The molecule has 16 N–H and O–H groups in total. The van der Waals surface area contributed by atoms with Crippen molar-refractivity contribution in [3.63, 3.8) is 0 Å². The highest BCUT2D eigenvalue weighted by Gasteiger charge is 2.40. The van der Waals surface area contributed by atoms with Crippen LogP contribution in [0.4, 0.5) is 0 Å². The number of aromatic hydroxyl groups is 1. The van der Waals surface area contributed by atoms with Crippen molar-refractivity contribution in [1.82, 2.24) is 42.5 Å². The Labute approximate surface area is 409 Å². The molecule has 1 fully saturated rings. The molecule has 380 valence electrons. The zero-order valence-corrected chi connectivity index (χ0v) is 40.7. The number of hydrogen-bond donors (Lipinski definition) is 13. The minimum atomic E-state index is -1.63. The number of rotatable bonds is 19. The van der Waals surface area contributed by atoms with E-state index in [1.807, 2.05) is 0 Å². The van der Waals surface area contributed by atoms with Crippen LogP contribution in [0.25, 0.3) is 0 Å². The van der Waals surface area contributed by atoms with Gasteiger partial charge in [-0.1, -0.05) is 64.1 Å². The van der Waals surface area contributed by atoms with Gasteiger partial charge in [0.15, 0.2) is 0 Å². The van der Waals surface area contributed by atoms with Crippen molar-refractivity contribution in [3.05, 3.63) is 65.7 Å². The van der Waals surface area contributed by atoms with Gasteiger partial charge in [0.05, 0.1) is 13.2 Å². The van der Waals surface area contributed by atoms with Crippen LogP contribution in [0.1, 0.15) is 70.4 Å². The number of carbonyl (C=O) groups is 9. The first-order chi connectivity index (χ1) is 32.8. The highest BCUT2D eigenvalue weighted by Crippen LogP contribution is 2.39. The zero-order valence-electron chi connectivity index (χ0n) is 39.0. The van der Waals surface area contributed by atoms with Crippen LogP contribution in [-0.4, -0.2) is 142 Å². The standard InChI is InChI=1S/C45H67N11O11S2/c1-26(58)50-37-44(67)55-32(22-28-15-17-29(59)18-16-28)39(62)49-23-36(60)51-34(24-57)42(65)54-33(21-27-11-5-4-6-12-27)41(64)56-35(25-68-69-45(37,2)3)43(66)53-31(14-8-10-20-47)40(63)52-30(38(48)61)13-7-9-19-46/h4-6,11-12,15-18,30-35,37,57,59H,7-10,13-14,19-25,46-47H2,1-3H3,(H2,48,61)(H,49,62)(H,50,58)(H,51,60)(H,52,63)(H,53,66)(H,54,65)(H,55,67)(H,56,64)/t30-,31-,32-,33?,34-,35?,37?/m0/s1. The van der Waals surface area contributed by atoms with Gasteiger partial charge >= 0.3 is 0 Å². The van der Waals surface area contributed by atoms with Crippen LogP contribution in [0.5, 0.6) is 5.75 Å². The number of aliphatic hydroxyl groups excluding tert-OH is 1. The molecule has 0 spiro atoms. The Kier molecular flexibility index (Phi) is 24.2. The molecule has 1 saturated heterocycles. The molecule has 0 radical (unpaired) electrons. The minimum Gasteiger partial charge on any atom is -0.508 e. The third-order valence-electron chi connectivity index (χ3n) is 10.8. The lowest BCUT2D eigenvalue weighted by atomic mass is 10.00. The summed E-state index contributed by atoms with van der Waals surface area (Å²) in [6.07, 6.45) is 1.96. The third kappa shape index (κ3) is 19.9. The lowest BCUT2D eigenvalue weighted by Gasteiger charge is -2.34. The molecule has 2 aromatic carbocycles. The summed E-state index contributed by atoms with van der Waals surface area (Å²) in [5.41, 5.74) is 18.1. The van der Waals surface area contributed by atoms with Gasteiger partial charge in [-0.3, -0.25) is 43.2 Å². The van der Waals surface area contributed by atoms with E-state index >= 15 is 0 Å². The van der Waals surface area contributed by atoms with Gasteiger partial charge in [0.1, 0.15) is 48.0 Å². The normalized spacial score (nSPS) is 21.7. The van der Waals surface area contributed by atoms with Gasteiger partial charge in [0.2, 0.25) is 53.2 Å². The van der Waals surface area contributed by atoms with E-state index in [0.717, 1.165) is 21.6 Å². The Morgan fingerprint density at radius 2 is 1.30 bits per heavy atom. The molecule has 3 unspecified atom stereocenters. The molecular weight excluding hydrogens is 935 g/mol. The summed E-state index contributed by atoms with van der Waals surface area (Å²) in [5, 5.41) is 40.7. The van der Waals surface area contributed by atoms with Crippen LogP contribution >= 0.6 is 21.6 Å². The third-order valence-corrected chi connectivity index (χ3v) is 14.1. The fourth-order valence-electron chi connectivity index (χ4n) is 6.99. The second kappa shape index (κ2) is 29.2. The number of primary amides is 1. The van der Waals surface area contributed by atoms with Crippen LogP contribution in [0.15, 0.2) is 54.6 Å². The van der Waals surface area contributed by atoms with E-state index < -0.39 is 113 Å². The topological polar surface area (TPSA) is 368 Å². The van der Waals surface area contributed by atoms with Crippen molar-refractivity contribution in [2.75, 3.05) is 32.0 Å². The molecule has 1 heterocycles. The zero-order chi connectivity index (χ0) is 51.1. The molecule has 0 aliphatic carbocycles. The molecule has 9 amide bonds. The van der Waals surface area contributed by atoms with Crippen molar-refractivity contribution in [1.29, 1.82) is 0 Å². The van der Waals surface area contributed by atoms with Gasteiger partial charge in [0.25, 0.3) is 0 Å². The van der Waals surface area contributed by atoms with Crippen LogP contribution in [-0.2, 0) is 56.0 Å². The largest absolute Gasteiger partial charge is 0.508 e. The monoisotopic (exact) mass is 1000 g/mol. The molecule has 2 aromatic rings. The molecule has 0 bridgehead atoms. The second-order valence-electron chi connectivity index (χ2n) is 17.0. The van der Waals surface area contributed by atoms with Crippen molar-refractivity contribution in [2.45, 2.75) is 119 Å². The Bertz CT molecular complexity index is 2070. The van der Waals surface area contributed by atoms with Crippen LogP contribution in [0.3, 0.4) is 0 Å². The number of nitrogens with two attached hydrogens (primary N) is 3. The molecule has 22 nitrogen and oxygen atoms in total. The average Bonchev–Trinajstić information content (AvgIpc) is 3.30. The van der Waals surface area contributed by atoms with Gasteiger partial charge in [-0.05, 0) is 88.7 Å². The summed E-state index contributed by atoms with van der Waals surface area (Å²) in [6, 6.07) is 4.89. The number of phenolic OH excluding ortho intramolecular Hbond substituents is 1. The number of hydrogen-bond acceptors (Lipinski definition) is 15. The van der Waals surface area contributed by atoms with Crippen molar-refractivity contribution in [2.24, 2.45) is 17.2 Å². The van der Waals surface area contributed by atoms with Crippen molar-refractivity contribution < 1.29 is 53.4 Å². The van der Waals surface area contributed by atoms with Crippen LogP contribution in [0.2, 0.25) is 0 Å². The first kappa shape index (κ1) is 57.4. The highest BCUT2D eigenvalue weighted by atomic mass is 33.1. The number of phenols is 1. The van der Waals surface area contributed by atoms with Gasteiger partial charge in [0, 0.05) is 30.3 Å². The molecule has 24 heteroatoms. The number of benzene rings is 2. The van der Waals surface area contributed by atoms with Crippen LogP contribution in [0, 0.1) is 0 Å². The molecule has 3 rings (SSSR count). The molecule has 69 heavy (non-hydrogen) atoms. The van der Waals surface area contributed by atoms with Gasteiger partial charge < -0.3 is 69.9 Å². The second-order valence-corrected chi connectivity index (χ2v) is 20.0. The fraction of sp³-hybridized carbons (Fsp3) is 0.533. The van der Waals surface area contributed by atoms with E-state index in [1.165, 1.54) is 31.2 Å². The summed E-state index contributed by atoms with van der Waals surface area (Å²) >= 11 is 0. The quantitative estimate of drug-likeness (QED) is 0.0516. The van der Waals surface area contributed by atoms with Gasteiger partial charge in [-0.2, -0.15) is 0 Å². The summed E-state index contributed by atoms with van der Waals surface area (Å²) in [6.45, 7) is 3.46. The summed E-state index contributed by atoms with van der Waals surface area (Å²) in [7, 11) is 2.09. The molecular formula is C45H67N11O11S2. The van der Waals surface area contributed by atoms with E-state index in [1.54, 1.807) is 44.2 Å². The van der Waals surface area contributed by atoms with Crippen LogP contribution < -0.4 is 59.7 Å². The van der Waals surface area contributed by atoms with Crippen molar-refractivity contribution in [3.8, 4) is 5.75 Å². The predicted molar refractivity (Wildman–Crippen MR) is 260 cm³/mol. The smallest absolute Gasteiger partial charge is 0.245 e. The first-order valence-corrected chi connectivity index (χ1v) is 24.9. The summed E-state index contributed by atoms with van der Waals surface area (Å²) in [4.78, 5) is 122. The SMILES string of the molecule is CC(=O)NC1C(=O)N[C@@H](Cc2ccc(O)cc2)C(=O)NCC(=O)N[C@@H](CO)C(=O)NC(Cc2ccccc2)C(=O)NC(C(=O)N[C@@H](CCCCN)C(=O)N[C@@H](CCCCN)C(N)=O)CSSC1(C)C. The number of amides is 9. The highest BCUT2D eigenvalue weighted by molar-refractivity contribution is 8.77. The maximum absolute atomic E-state index is 14.4. The maximum Gasteiger partial charge on any atom is 0.245 e. The molecule has 1 aliphatic rings. The number of carbonyl (C=O) groups excluding carboxylic acids is 9. The summed E-state index contributed by atoms with van der Waals surface area (Å²) in [5.74, 6) is -7.61. The summed E-state index contributed by atoms with van der Waals surface area (Å²) < 4.78 is -1.22. The first-order valence-electron chi connectivity index (χ1n) is 22.6. The van der Waals surface area contributed by atoms with E-state index in [2.05, 4.69) is 42.5 Å². The van der Waals surface area contributed by atoms with E-state index in [0.29, 0.717) is 43.4 Å². The fourth-order valence-corrected chi connectivity index (χ4v) is 9.81. The van der Waals surface area contributed by atoms with E-state index in [4.69, 9.17) is 17.2 Å². The number of nitrogens with one attached hydrogen (secondary N) is 8. The van der Waals surface area contributed by atoms with Gasteiger partial charge in [-0.15, -0.1) is 0 Å². The molecule has 1 aliphatic heterocycles. The Balaban J connectivity index is 2.10.